The fraction of sp³-hybridized carbons (Fsp3) is 0.333. The van der Waals surface area contributed by atoms with Gasteiger partial charge in [0, 0.05) is 5.25 Å². The SMILES string of the molecule is C1=C[C@@H](Cc2ccccc2)SCC1. The van der Waals surface area contributed by atoms with Crippen LogP contribution in [-0.4, -0.2) is 11.0 Å². The first-order valence-electron chi connectivity index (χ1n) is 4.77. The molecule has 0 saturated carbocycles. The van der Waals surface area contributed by atoms with Gasteiger partial charge in [0.25, 0.3) is 0 Å². The minimum absolute atomic E-state index is 0.705. The Morgan fingerprint density at radius 1 is 1.23 bits per heavy atom. The lowest BCUT2D eigenvalue weighted by Gasteiger charge is -2.15. The fourth-order valence-electron chi connectivity index (χ4n) is 1.56. The molecular weight excluding hydrogens is 176 g/mol. The Balaban J connectivity index is 1.98. The molecule has 1 aromatic carbocycles. The molecule has 68 valence electrons. The van der Waals surface area contributed by atoms with Crippen LogP contribution in [0.2, 0.25) is 0 Å². The molecule has 0 fully saturated rings. The van der Waals surface area contributed by atoms with Gasteiger partial charge in [0.15, 0.2) is 0 Å². The first-order chi connectivity index (χ1) is 6.45. The molecule has 13 heavy (non-hydrogen) atoms. The van der Waals surface area contributed by atoms with Crippen LogP contribution in [0.1, 0.15) is 12.0 Å². The molecule has 1 aliphatic heterocycles. The lowest BCUT2D eigenvalue weighted by atomic mass is 10.1. The van der Waals surface area contributed by atoms with E-state index in [-0.39, 0.29) is 0 Å². The maximum atomic E-state index is 2.35. The molecule has 2 rings (SSSR count). The smallest absolute Gasteiger partial charge is 0.0267 e. The third-order valence-electron chi connectivity index (χ3n) is 2.25. The summed E-state index contributed by atoms with van der Waals surface area (Å²) in [7, 11) is 0. The Kier molecular flexibility index (Phi) is 3.09. The van der Waals surface area contributed by atoms with Gasteiger partial charge < -0.3 is 0 Å². The highest BCUT2D eigenvalue weighted by atomic mass is 32.2. The number of rotatable bonds is 2. The van der Waals surface area contributed by atoms with Crippen molar-refractivity contribution in [2.75, 3.05) is 5.75 Å². The Labute approximate surface area is 84.0 Å². The molecule has 0 aromatic heterocycles. The van der Waals surface area contributed by atoms with Gasteiger partial charge in [-0.2, -0.15) is 11.8 Å². The summed E-state index contributed by atoms with van der Waals surface area (Å²) >= 11 is 2.07. The maximum Gasteiger partial charge on any atom is 0.0267 e. The van der Waals surface area contributed by atoms with E-state index < -0.39 is 0 Å². The first kappa shape index (κ1) is 8.89. The molecule has 0 N–H and O–H groups in total. The van der Waals surface area contributed by atoms with Gasteiger partial charge in [-0.1, -0.05) is 42.5 Å². The van der Waals surface area contributed by atoms with Crippen LogP contribution in [0.15, 0.2) is 42.5 Å². The average Bonchev–Trinajstić information content (AvgIpc) is 2.21. The number of benzene rings is 1. The van der Waals surface area contributed by atoms with Gasteiger partial charge in [0.2, 0.25) is 0 Å². The second-order valence-electron chi connectivity index (χ2n) is 3.32. The van der Waals surface area contributed by atoms with Gasteiger partial charge in [0.05, 0.1) is 0 Å². The molecule has 1 aromatic rings. The molecule has 0 spiro atoms. The van der Waals surface area contributed by atoms with Crippen molar-refractivity contribution >= 4 is 11.8 Å². The van der Waals surface area contributed by atoms with E-state index in [0.717, 1.165) is 0 Å². The van der Waals surface area contributed by atoms with Crippen LogP contribution in [0.25, 0.3) is 0 Å². The molecule has 0 radical (unpaired) electrons. The van der Waals surface area contributed by atoms with Crippen LogP contribution in [0.5, 0.6) is 0 Å². The van der Waals surface area contributed by atoms with Crippen LogP contribution in [-0.2, 0) is 6.42 Å². The van der Waals surface area contributed by atoms with E-state index in [1.54, 1.807) is 0 Å². The van der Waals surface area contributed by atoms with Crippen molar-refractivity contribution in [2.24, 2.45) is 0 Å². The van der Waals surface area contributed by atoms with Crippen LogP contribution in [0, 0.1) is 0 Å². The van der Waals surface area contributed by atoms with Gasteiger partial charge in [-0.05, 0) is 24.2 Å². The van der Waals surface area contributed by atoms with Crippen molar-refractivity contribution in [1.82, 2.24) is 0 Å². The van der Waals surface area contributed by atoms with Gasteiger partial charge in [0.1, 0.15) is 0 Å². The molecular formula is C12H14S. The third kappa shape index (κ3) is 2.63. The largest absolute Gasteiger partial charge is 0.154 e. The third-order valence-corrected chi connectivity index (χ3v) is 3.47. The highest BCUT2D eigenvalue weighted by Gasteiger charge is 2.08. The van der Waals surface area contributed by atoms with Gasteiger partial charge in [-0.3, -0.25) is 0 Å². The van der Waals surface area contributed by atoms with Gasteiger partial charge >= 0.3 is 0 Å². The van der Waals surface area contributed by atoms with E-state index in [0.29, 0.717) is 5.25 Å². The molecule has 1 heterocycles. The fourth-order valence-corrected chi connectivity index (χ4v) is 2.67. The second-order valence-corrected chi connectivity index (χ2v) is 4.66. The normalized spacial score (nSPS) is 21.7. The van der Waals surface area contributed by atoms with Crippen molar-refractivity contribution in [3.8, 4) is 0 Å². The summed E-state index contributed by atoms with van der Waals surface area (Å²) in [5.41, 5.74) is 1.45. The van der Waals surface area contributed by atoms with Gasteiger partial charge in [-0.25, -0.2) is 0 Å². The van der Waals surface area contributed by atoms with E-state index in [9.17, 15) is 0 Å². The number of thioether (sulfide) groups is 1. The van der Waals surface area contributed by atoms with E-state index in [2.05, 4.69) is 54.2 Å². The molecule has 0 aliphatic carbocycles. The van der Waals surface area contributed by atoms with E-state index in [1.165, 1.54) is 24.2 Å². The Hall–Kier alpha value is -0.690. The Morgan fingerprint density at radius 3 is 2.77 bits per heavy atom. The summed E-state index contributed by atoms with van der Waals surface area (Å²) in [5.74, 6) is 1.29. The zero-order valence-electron chi connectivity index (χ0n) is 7.65. The highest BCUT2D eigenvalue weighted by molar-refractivity contribution is 8.00. The predicted octanol–water partition coefficient (Wildman–Crippen LogP) is 3.29. The van der Waals surface area contributed by atoms with Crippen LogP contribution in [0.4, 0.5) is 0 Å². The molecule has 1 aliphatic rings. The summed E-state index contributed by atoms with van der Waals surface area (Å²) in [4.78, 5) is 0. The quantitative estimate of drug-likeness (QED) is 0.645. The van der Waals surface area contributed by atoms with Crippen molar-refractivity contribution in [2.45, 2.75) is 18.1 Å². The lowest BCUT2D eigenvalue weighted by molar-refractivity contribution is 0.991. The molecule has 1 heteroatoms. The summed E-state index contributed by atoms with van der Waals surface area (Å²) in [6.45, 7) is 0. The number of hydrogen-bond acceptors (Lipinski definition) is 1. The van der Waals surface area contributed by atoms with Crippen molar-refractivity contribution in [3.05, 3.63) is 48.0 Å². The zero-order valence-corrected chi connectivity index (χ0v) is 8.46. The second kappa shape index (κ2) is 4.52. The number of allylic oxidation sites excluding steroid dienone is 1. The van der Waals surface area contributed by atoms with Crippen LogP contribution >= 0.6 is 11.8 Å². The van der Waals surface area contributed by atoms with E-state index >= 15 is 0 Å². The summed E-state index contributed by atoms with van der Waals surface area (Å²) < 4.78 is 0. The molecule has 0 bridgehead atoms. The summed E-state index contributed by atoms with van der Waals surface area (Å²) in [6, 6.07) is 10.7. The standard InChI is InChI=1S/C12H14S/c1-2-6-11(7-3-1)10-12-8-4-5-9-13-12/h1-4,6-8,12H,5,9-10H2/t12-/m0/s1. The Bertz CT molecular complexity index is 276. The number of hydrogen-bond donors (Lipinski definition) is 0. The average molecular weight is 190 g/mol. The first-order valence-corrected chi connectivity index (χ1v) is 5.82. The Morgan fingerprint density at radius 2 is 2.08 bits per heavy atom. The molecule has 0 saturated heterocycles. The minimum Gasteiger partial charge on any atom is -0.154 e. The molecule has 0 nitrogen and oxygen atoms in total. The van der Waals surface area contributed by atoms with Gasteiger partial charge in [-0.15, -0.1) is 0 Å². The monoisotopic (exact) mass is 190 g/mol. The van der Waals surface area contributed by atoms with Crippen molar-refractivity contribution < 1.29 is 0 Å². The maximum absolute atomic E-state index is 2.35. The lowest BCUT2D eigenvalue weighted by Crippen LogP contribution is -2.07. The molecule has 1 atom stereocenters. The minimum atomic E-state index is 0.705. The summed E-state index contributed by atoms with van der Waals surface area (Å²) in [6.07, 6.45) is 7.09. The van der Waals surface area contributed by atoms with Crippen molar-refractivity contribution in [1.29, 1.82) is 0 Å². The molecule has 0 unspecified atom stereocenters. The van der Waals surface area contributed by atoms with Crippen molar-refractivity contribution in [3.63, 3.8) is 0 Å². The summed E-state index contributed by atoms with van der Waals surface area (Å²) in [5, 5.41) is 0.705. The van der Waals surface area contributed by atoms with Crippen LogP contribution in [0.3, 0.4) is 0 Å². The van der Waals surface area contributed by atoms with E-state index in [1.807, 2.05) is 0 Å². The highest BCUT2D eigenvalue weighted by Crippen LogP contribution is 2.22. The molecule has 0 amide bonds. The van der Waals surface area contributed by atoms with E-state index in [4.69, 9.17) is 0 Å². The predicted molar refractivity (Wildman–Crippen MR) is 60.1 cm³/mol. The zero-order chi connectivity index (χ0) is 8.93. The topological polar surface area (TPSA) is 0 Å². The van der Waals surface area contributed by atoms with Crippen LogP contribution < -0.4 is 0 Å².